The van der Waals surface area contributed by atoms with Gasteiger partial charge in [0.25, 0.3) is 5.91 Å². The summed E-state index contributed by atoms with van der Waals surface area (Å²) >= 11 is 1.43. The second-order valence-electron chi connectivity index (χ2n) is 7.37. The Morgan fingerprint density at radius 1 is 1.37 bits per heavy atom. The summed E-state index contributed by atoms with van der Waals surface area (Å²) in [6.07, 6.45) is -1.05. The van der Waals surface area contributed by atoms with E-state index in [4.69, 9.17) is 0 Å². The zero-order valence-electron chi connectivity index (χ0n) is 16.2. The number of benzene rings is 1. The van der Waals surface area contributed by atoms with Gasteiger partial charge in [0, 0.05) is 10.4 Å². The number of carbonyl (C=O) groups is 1. The van der Waals surface area contributed by atoms with Crippen LogP contribution in [0.2, 0.25) is 0 Å². The lowest BCUT2D eigenvalue weighted by molar-refractivity contribution is -0.168. The summed E-state index contributed by atoms with van der Waals surface area (Å²) in [7, 11) is 0. The fourth-order valence-corrected chi connectivity index (χ4v) is 4.61. The molecule has 0 spiro atoms. The molecule has 1 heterocycles. The van der Waals surface area contributed by atoms with E-state index >= 15 is 0 Å². The van der Waals surface area contributed by atoms with Crippen LogP contribution >= 0.6 is 11.3 Å². The van der Waals surface area contributed by atoms with Crippen LogP contribution in [0.15, 0.2) is 24.3 Å². The predicted molar refractivity (Wildman–Crippen MR) is 105 cm³/mol. The van der Waals surface area contributed by atoms with Crippen molar-refractivity contribution in [3.05, 3.63) is 51.4 Å². The van der Waals surface area contributed by atoms with E-state index in [-0.39, 0.29) is 6.61 Å². The van der Waals surface area contributed by atoms with Crippen LogP contribution in [-0.4, -0.2) is 24.9 Å². The third-order valence-corrected chi connectivity index (χ3v) is 6.12. The number of ether oxygens (including phenoxy) is 1. The summed E-state index contributed by atoms with van der Waals surface area (Å²) in [6, 6.07) is 8.17. The maximum atomic E-state index is 12.8. The summed E-state index contributed by atoms with van der Waals surface area (Å²) < 4.78 is 54.6. The van der Waals surface area contributed by atoms with Gasteiger partial charge in [-0.05, 0) is 48.4 Å². The highest BCUT2D eigenvalue weighted by atomic mass is 32.1. The van der Waals surface area contributed by atoms with Gasteiger partial charge in [-0.2, -0.15) is 14.0 Å². The highest BCUT2D eigenvalue weighted by molar-refractivity contribution is 7.16. The van der Waals surface area contributed by atoms with E-state index in [1.165, 1.54) is 35.6 Å². The van der Waals surface area contributed by atoms with E-state index in [2.05, 4.69) is 23.0 Å². The van der Waals surface area contributed by atoms with Crippen LogP contribution in [0.3, 0.4) is 0 Å². The third kappa shape index (κ3) is 4.99. The van der Waals surface area contributed by atoms with Gasteiger partial charge in [0.1, 0.15) is 17.7 Å². The van der Waals surface area contributed by atoms with Crippen LogP contribution in [0.4, 0.5) is 22.6 Å². The lowest BCUT2D eigenvalue weighted by Crippen LogP contribution is -2.32. The van der Waals surface area contributed by atoms with E-state index in [0.717, 1.165) is 29.7 Å². The van der Waals surface area contributed by atoms with Gasteiger partial charge in [-0.3, -0.25) is 4.79 Å². The molecule has 1 amide bonds. The quantitative estimate of drug-likeness (QED) is 0.586. The molecular formula is C21H20F4N2O2S. The minimum absolute atomic E-state index is 0.279. The number of thiophene rings is 1. The molecule has 1 N–H and O–H groups in total. The molecule has 0 saturated heterocycles. The number of rotatable bonds is 7. The van der Waals surface area contributed by atoms with Crippen LogP contribution in [-0.2, 0) is 24.2 Å². The lowest BCUT2D eigenvalue weighted by Gasteiger charge is -2.17. The van der Waals surface area contributed by atoms with Crippen LogP contribution in [0.25, 0.3) is 0 Å². The first-order chi connectivity index (χ1) is 14.2. The van der Waals surface area contributed by atoms with Crippen molar-refractivity contribution < 1.29 is 27.1 Å². The van der Waals surface area contributed by atoms with Crippen molar-refractivity contribution in [2.75, 3.05) is 11.9 Å². The second kappa shape index (κ2) is 9.14. The molecule has 0 bridgehead atoms. The Kier molecular flexibility index (Phi) is 6.78. The standard InChI is InChI=1S/C21H20F4N2O2S/c1-12-2-7-15-16(9-26)19(30-17(15)8-12)27-18(28)14-5-3-13(4-6-14)10-29-11-21(24,25)20(22)23/h3-6,12,20H,2,7-8,10-11H2,1H3,(H,27,28)/t12-/m1/s1. The number of nitrogens with zero attached hydrogens (tertiary/aromatic N) is 1. The number of anilines is 1. The van der Waals surface area contributed by atoms with Gasteiger partial charge in [-0.1, -0.05) is 19.1 Å². The normalized spacial score (nSPS) is 16.2. The van der Waals surface area contributed by atoms with Crippen LogP contribution in [0.5, 0.6) is 0 Å². The summed E-state index contributed by atoms with van der Waals surface area (Å²) in [5, 5.41) is 12.8. The smallest absolute Gasteiger partial charge is 0.330 e. The number of hydrogen-bond donors (Lipinski definition) is 1. The first-order valence-corrected chi connectivity index (χ1v) is 10.2. The van der Waals surface area contributed by atoms with Gasteiger partial charge in [-0.25, -0.2) is 8.78 Å². The summed E-state index contributed by atoms with van der Waals surface area (Å²) in [5.41, 5.74) is 2.32. The van der Waals surface area contributed by atoms with Crippen LogP contribution in [0, 0.1) is 17.2 Å². The summed E-state index contributed by atoms with van der Waals surface area (Å²) in [6.45, 7) is 0.497. The highest BCUT2D eigenvalue weighted by Gasteiger charge is 2.40. The number of hydrogen-bond acceptors (Lipinski definition) is 4. The molecule has 30 heavy (non-hydrogen) atoms. The Hall–Kier alpha value is -2.44. The Morgan fingerprint density at radius 2 is 2.07 bits per heavy atom. The molecule has 2 aromatic rings. The molecule has 0 radical (unpaired) electrons. The molecule has 1 aliphatic rings. The molecule has 0 saturated carbocycles. The van der Waals surface area contributed by atoms with Crippen molar-refractivity contribution in [3.63, 3.8) is 0 Å². The minimum Gasteiger partial charge on any atom is -0.370 e. The zero-order chi connectivity index (χ0) is 21.9. The predicted octanol–water partition coefficient (Wildman–Crippen LogP) is 5.41. The molecular weight excluding hydrogens is 420 g/mol. The second-order valence-corrected chi connectivity index (χ2v) is 8.48. The fraction of sp³-hybridized carbons (Fsp3) is 0.429. The van der Waals surface area contributed by atoms with Crippen molar-refractivity contribution in [1.82, 2.24) is 0 Å². The molecule has 1 aromatic carbocycles. The van der Waals surface area contributed by atoms with Gasteiger partial charge in [-0.15, -0.1) is 11.3 Å². The first-order valence-electron chi connectivity index (χ1n) is 9.40. The van der Waals surface area contributed by atoms with E-state index < -0.39 is 24.9 Å². The molecule has 0 fully saturated rings. The Bertz CT molecular complexity index is 951. The van der Waals surface area contributed by atoms with Crippen molar-refractivity contribution >= 4 is 22.2 Å². The van der Waals surface area contributed by atoms with Crippen molar-refractivity contribution in [1.29, 1.82) is 5.26 Å². The van der Waals surface area contributed by atoms with E-state index in [1.807, 2.05) is 0 Å². The molecule has 1 aromatic heterocycles. The highest BCUT2D eigenvalue weighted by Crippen LogP contribution is 2.39. The fourth-order valence-electron chi connectivity index (χ4n) is 3.25. The Labute approximate surface area is 175 Å². The molecule has 3 rings (SSSR count). The van der Waals surface area contributed by atoms with Gasteiger partial charge < -0.3 is 10.1 Å². The minimum atomic E-state index is -4.20. The van der Waals surface area contributed by atoms with E-state index in [9.17, 15) is 27.6 Å². The molecule has 160 valence electrons. The number of nitriles is 1. The van der Waals surface area contributed by atoms with E-state index in [1.54, 1.807) is 0 Å². The van der Waals surface area contributed by atoms with Gasteiger partial charge in [0.05, 0.1) is 12.2 Å². The van der Waals surface area contributed by atoms with Gasteiger partial charge in [0.2, 0.25) is 0 Å². The molecule has 0 unspecified atom stereocenters. The van der Waals surface area contributed by atoms with Crippen molar-refractivity contribution in [2.24, 2.45) is 5.92 Å². The van der Waals surface area contributed by atoms with Gasteiger partial charge in [0.15, 0.2) is 0 Å². The average molecular weight is 440 g/mol. The number of alkyl halides is 4. The first kappa shape index (κ1) is 22.2. The van der Waals surface area contributed by atoms with Crippen molar-refractivity contribution in [3.8, 4) is 6.07 Å². The Balaban J connectivity index is 1.62. The number of fused-ring (bicyclic) bond motifs is 1. The van der Waals surface area contributed by atoms with Gasteiger partial charge >= 0.3 is 12.3 Å². The average Bonchev–Trinajstić information content (AvgIpc) is 3.04. The summed E-state index contributed by atoms with van der Waals surface area (Å²) in [4.78, 5) is 13.7. The molecule has 1 atom stereocenters. The zero-order valence-corrected chi connectivity index (χ0v) is 17.0. The number of amides is 1. The SMILES string of the molecule is C[C@@H]1CCc2c(sc(NC(=O)c3ccc(COCC(F)(F)C(F)F)cc3)c2C#N)C1. The molecule has 4 nitrogen and oxygen atoms in total. The third-order valence-electron chi connectivity index (χ3n) is 4.95. The van der Waals surface area contributed by atoms with E-state index in [0.29, 0.717) is 27.6 Å². The van der Waals surface area contributed by atoms with Crippen LogP contribution in [0.1, 0.15) is 45.3 Å². The maximum Gasteiger partial charge on any atom is 0.330 e. The van der Waals surface area contributed by atoms with Crippen molar-refractivity contribution in [2.45, 2.75) is 45.1 Å². The summed E-state index contributed by atoms with van der Waals surface area (Å²) in [5.74, 6) is -4.05. The topological polar surface area (TPSA) is 62.1 Å². The molecule has 0 aliphatic heterocycles. The monoisotopic (exact) mass is 440 g/mol. The molecule has 9 heteroatoms. The lowest BCUT2D eigenvalue weighted by atomic mass is 9.88. The van der Waals surface area contributed by atoms with Crippen LogP contribution < -0.4 is 5.32 Å². The largest absolute Gasteiger partial charge is 0.370 e. The number of nitrogens with one attached hydrogen (secondary N) is 1. The maximum absolute atomic E-state index is 12.8. The number of carbonyl (C=O) groups excluding carboxylic acids is 1. The number of halogens is 4. The molecule has 1 aliphatic carbocycles. The Morgan fingerprint density at radius 3 is 2.70 bits per heavy atom.